The summed E-state index contributed by atoms with van der Waals surface area (Å²) in [5.41, 5.74) is -0.357. The van der Waals surface area contributed by atoms with Gasteiger partial charge in [0.25, 0.3) is 0 Å². The van der Waals surface area contributed by atoms with E-state index in [1.165, 1.54) is 26.2 Å². The highest BCUT2D eigenvalue weighted by atomic mass is 28.4. The molecule has 8 heteroatoms. The molecule has 0 radical (unpaired) electrons. The highest BCUT2D eigenvalue weighted by Crippen LogP contribution is 2.27. The van der Waals surface area contributed by atoms with Crippen LogP contribution in [0.3, 0.4) is 0 Å². The van der Waals surface area contributed by atoms with E-state index in [4.69, 9.17) is 18.4 Å². The molecule has 1 saturated heterocycles. The molecule has 19 heavy (non-hydrogen) atoms. The zero-order chi connectivity index (χ0) is 14.6. The van der Waals surface area contributed by atoms with Crippen LogP contribution in [0, 0.1) is 5.92 Å². The fourth-order valence-corrected chi connectivity index (χ4v) is 4.97. The second-order valence-electron chi connectivity index (χ2n) is 4.43. The Morgan fingerprint density at radius 3 is 2.26 bits per heavy atom. The molecule has 1 aliphatic heterocycles. The van der Waals surface area contributed by atoms with Crippen molar-refractivity contribution in [2.75, 3.05) is 27.9 Å². The molecule has 0 aliphatic carbocycles. The smallest absolute Gasteiger partial charge is 0.481 e. The van der Waals surface area contributed by atoms with E-state index in [0.717, 1.165) is 0 Å². The number of carbonyl (C=O) groups excluding carboxylic acids is 1. The summed E-state index contributed by atoms with van der Waals surface area (Å²) in [5, 5.41) is 9.02. The van der Waals surface area contributed by atoms with E-state index in [0.29, 0.717) is 6.42 Å². The van der Waals surface area contributed by atoms with Crippen LogP contribution in [0.15, 0.2) is 0 Å². The van der Waals surface area contributed by atoms with E-state index in [-0.39, 0.29) is 24.5 Å². The Bertz CT molecular complexity index is 338. The molecule has 0 aromatic carbocycles. The van der Waals surface area contributed by atoms with Gasteiger partial charge in [-0.05, 0) is 6.42 Å². The lowest BCUT2D eigenvalue weighted by molar-refractivity contribution is -0.141. The fraction of sp³-hybridized carbons (Fsp3) is 0.818. The average molecular weight is 291 g/mol. The molecule has 0 aromatic heterocycles. The summed E-state index contributed by atoms with van der Waals surface area (Å²) in [7, 11) is 1.44. The summed E-state index contributed by atoms with van der Waals surface area (Å²) >= 11 is 0. The normalized spacial score (nSPS) is 21.8. The molecule has 0 aromatic rings. The lowest BCUT2D eigenvalue weighted by Crippen LogP contribution is -2.61. The van der Waals surface area contributed by atoms with Gasteiger partial charge in [-0.3, -0.25) is 9.59 Å². The third kappa shape index (κ3) is 2.97. The molecule has 0 saturated carbocycles. The highest BCUT2D eigenvalue weighted by molar-refractivity contribution is 6.62. The Morgan fingerprint density at radius 1 is 1.42 bits per heavy atom. The summed E-state index contributed by atoms with van der Waals surface area (Å²) in [6.07, 6.45) is 0.604. The fourth-order valence-electron chi connectivity index (χ4n) is 2.52. The molecular formula is C11H21NO6Si. The number of carboxylic acid groups (broad SMARTS) is 1. The van der Waals surface area contributed by atoms with Crippen molar-refractivity contribution in [3.8, 4) is 0 Å². The molecule has 0 spiro atoms. The molecule has 1 amide bonds. The van der Waals surface area contributed by atoms with Gasteiger partial charge in [0.05, 0.1) is 5.92 Å². The van der Waals surface area contributed by atoms with Crippen LogP contribution in [-0.2, 0) is 22.9 Å². The second-order valence-corrected chi connectivity index (χ2v) is 7.52. The maximum Gasteiger partial charge on any atom is 0.523 e. The molecule has 110 valence electrons. The quantitative estimate of drug-likeness (QED) is 0.670. The maximum absolute atomic E-state index is 12.0. The lowest BCUT2D eigenvalue weighted by Gasteiger charge is -2.37. The number of likely N-dealkylation sites (tertiary alicyclic amines) is 1. The molecule has 1 aliphatic rings. The Labute approximate surface area is 113 Å². The number of hydrogen-bond acceptors (Lipinski definition) is 5. The standard InChI is InChI=1S/C11H21NO6Si/c1-5-10(19(16-2,17-3)18-4)12-7-8(11(14)15)6-9(12)13/h8,10H,5-7H2,1-4H3,(H,14,15). The predicted molar refractivity (Wildman–Crippen MR) is 68.3 cm³/mol. The predicted octanol–water partition coefficient (Wildman–Crippen LogP) is 0.115. The zero-order valence-electron chi connectivity index (χ0n) is 11.7. The molecule has 7 nitrogen and oxygen atoms in total. The number of carboxylic acids is 1. The van der Waals surface area contributed by atoms with Gasteiger partial charge in [0, 0.05) is 34.3 Å². The van der Waals surface area contributed by atoms with Crippen LogP contribution < -0.4 is 0 Å². The van der Waals surface area contributed by atoms with Crippen LogP contribution in [0.5, 0.6) is 0 Å². The first-order chi connectivity index (χ1) is 8.95. The van der Waals surface area contributed by atoms with Crippen molar-refractivity contribution in [2.45, 2.75) is 25.4 Å². The molecule has 1 fully saturated rings. The Morgan fingerprint density at radius 2 is 1.95 bits per heavy atom. The van der Waals surface area contributed by atoms with E-state index in [1.54, 1.807) is 0 Å². The van der Waals surface area contributed by atoms with Gasteiger partial charge in [-0.25, -0.2) is 0 Å². The summed E-state index contributed by atoms with van der Waals surface area (Å²) in [4.78, 5) is 24.5. The van der Waals surface area contributed by atoms with Gasteiger partial charge in [0.15, 0.2) is 0 Å². The minimum absolute atomic E-state index is 0.0213. The molecule has 1 rings (SSSR count). The first-order valence-electron chi connectivity index (χ1n) is 6.13. The highest BCUT2D eigenvalue weighted by Gasteiger charge is 2.53. The number of carbonyl (C=O) groups is 2. The largest absolute Gasteiger partial charge is 0.523 e. The van der Waals surface area contributed by atoms with E-state index < -0.39 is 20.7 Å². The van der Waals surface area contributed by atoms with Crippen molar-refractivity contribution >= 4 is 20.7 Å². The van der Waals surface area contributed by atoms with Crippen LogP contribution in [0.4, 0.5) is 0 Å². The third-order valence-corrected chi connectivity index (χ3v) is 6.78. The van der Waals surface area contributed by atoms with Crippen molar-refractivity contribution in [3.63, 3.8) is 0 Å². The van der Waals surface area contributed by atoms with Gasteiger partial charge in [-0.2, -0.15) is 0 Å². The first-order valence-corrected chi connectivity index (χ1v) is 7.93. The van der Waals surface area contributed by atoms with Crippen LogP contribution >= 0.6 is 0 Å². The van der Waals surface area contributed by atoms with Crippen LogP contribution in [0.25, 0.3) is 0 Å². The monoisotopic (exact) mass is 291 g/mol. The second kappa shape index (κ2) is 6.46. The minimum Gasteiger partial charge on any atom is -0.481 e. The van der Waals surface area contributed by atoms with Gasteiger partial charge in [-0.1, -0.05) is 6.92 Å². The number of amides is 1. The third-order valence-electron chi connectivity index (χ3n) is 3.53. The van der Waals surface area contributed by atoms with Gasteiger partial charge >= 0.3 is 14.8 Å². The maximum atomic E-state index is 12.0. The minimum atomic E-state index is -3.01. The number of hydrogen-bond donors (Lipinski definition) is 1. The summed E-state index contributed by atoms with van der Waals surface area (Å²) in [6, 6.07) is 0. The van der Waals surface area contributed by atoms with E-state index in [2.05, 4.69) is 0 Å². The molecular weight excluding hydrogens is 270 g/mol. The van der Waals surface area contributed by atoms with Gasteiger partial charge < -0.3 is 23.3 Å². The summed E-state index contributed by atoms with van der Waals surface area (Å²) < 4.78 is 16.2. The molecule has 2 unspecified atom stereocenters. The van der Waals surface area contributed by atoms with Gasteiger partial charge in [-0.15, -0.1) is 0 Å². The van der Waals surface area contributed by atoms with Crippen LogP contribution in [0.2, 0.25) is 0 Å². The first kappa shape index (κ1) is 16.1. The number of rotatable bonds is 7. The van der Waals surface area contributed by atoms with Gasteiger partial charge in [0.2, 0.25) is 5.91 Å². The topological polar surface area (TPSA) is 85.3 Å². The van der Waals surface area contributed by atoms with Crippen molar-refractivity contribution in [1.82, 2.24) is 4.90 Å². The van der Waals surface area contributed by atoms with E-state index in [1.807, 2.05) is 6.92 Å². The Kier molecular flexibility index (Phi) is 5.47. The lowest BCUT2D eigenvalue weighted by atomic mass is 10.1. The average Bonchev–Trinajstić information content (AvgIpc) is 2.78. The van der Waals surface area contributed by atoms with E-state index in [9.17, 15) is 9.59 Å². The summed E-state index contributed by atoms with van der Waals surface area (Å²) in [5.74, 6) is -1.81. The van der Waals surface area contributed by atoms with Crippen molar-refractivity contribution < 1.29 is 28.0 Å². The van der Waals surface area contributed by atoms with Gasteiger partial charge in [0.1, 0.15) is 5.67 Å². The molecule has 1 N–H and O–H groups in total. The Balaban J connectivity index is 2.97. The van der Waals surface area contributed by atoms with Crippen LogP contribution in [-0.4, -0.2) is 64.2 Å². The molecule has 1 heterocycles. The number of nitrogens with zero attached hydrogens (tertiary/aromatic N) is 1. The van der Waals surface area contributed by atoms with Crippen molar-refractivity contribution in [1.29, 1.82) is 0 Å². The molecule has 0 bridgehead atoms. The van der Waals surface area contributed by atoms with Crippen molar-refractivity contribution in [3.05, 3.63) is 0 Å². The van der Waals surface area contributed by atoms with Crippen LogP contribution in [0.1, 0.15) is 19.8 Å². The zero-order valence-corrected chi connectivity index (χ0v) is 12.7. The van der Waals surface area contributed by atoms with E-state index >= 15 is 0 Å². The molecule has 2 atom stereocenters. The number of aliphatic carboxylic acids is 1. The SMILES string of the molecule is CCC(N1CC(C(=O)O)CC1=O)[Si](OC)(OC)OC. The van der Waals surface area contributed by atoms with Crippen molar-refractivity contribution in [2.24, 2.45) is 5.92 Å². The summed E-state index contributed by atoms with van der Waals surface area (Å²) in [6.45, 7) is 2.07. The Hall–Kier alpha value is -0.963.